The molecule has 0 spiro atoms. The van der Waals surface area contributed by atoms with Crippen molar-refractivity contribution in [3.63, 3.8) is 0 Å². The van der Waals surface area contributed by atoms with Gasteiger partial charge in [0.25, 0.3) is 0 Å². The van der Waals surface area contributed by atoms with E-state index in [1.54, 1.807) is 19.2 Å². The number of hydrogen-bond acceptors (Lipinski definition) is 2. The molecular weight excluding hydrogens is 241 g/mol. The first-order valence-corrected chi connectivity index (χ1v) is 4.60. The average molecular weight is 251 g/mol. The highest BCUT2D eigenvalue weighted by molar-refractivity contribution is 9.10. The second kappa shape index (κ2) is 4.23. The lowest BCUT2D eigenvalue weighted by Gasteiger charge is -2.09. The molecule has 0 aliphatic carbocycles. The number of rotatable bonds is 2. The van der Waals surface area contributed by atoms with Gasteiger partial charge in [0.2, 0.25) is 0 Å². The molecule has 0 aliphatic rings. The van der Waals surface area contributed by atoms with Crippen LogP contribution in [-0.4, -0.2) is 17.3 Å². The van der Waals surface area contributed by atoms with Gasteiger partial charge in [0, 0.05) is 23.1 Å². The van der Waals surface area contributed by atoms with Crippen molar-refractivity contribution in [1.82, 2.24) is 5.06 Å². The van der Waals surface area contributed by atoms with Gasteiger partial charge in [-0.2, -0.15) is 5.06 Å². The Bertz CT molecular complexity index is 278. The summed E-state index contributed by atoms with van der Waals surface area (Å²) in [6.45, 7) is 0.484. The maximum atomic E-state index is 8.98. The van der Waals surface area contributed by atoms with Gasteiger partial charge in [0.05, 0.1) is 0 Å². The molecule has 1 rings (SSSR count). The lowest BCUT2D eigenvalue weighted by Crippen LogP contribution is -2.11. The highest BCUT2D eigenvalue weighted by Crippen LogP contribution is 2.22. The predicted molar refractivity (Wildman–Crippen MR) is 52.4 cm³/mol. The van der Waals surface area contributed by atoms with Crippen LogP contribution in [0.15, 0.2) is 22.7 Å². The summed E-state index contributed by atoms with van der Waals surface area (Å²) in [5.74, 6) is 0. The van der Waals surface area contributed by atoms with E-state index in [1.807, 2.05) is 6.07 Å². The van der Waals surface area contributed by atoms with Crippen LogP contribution in [0.2, 0.25) is 5.02 Å². The van der Waals surface area contributed by atoms with E-state index in [0.29, 0.717) is 11.6 Å². The molecule has 0 saturated heterocycles. The van der Waals surface area contributed by atoms with Crippen LogP contribution in [-0.2, 0) is 6.54 Å². The predicted octanol–water partition coefficient (Wildman–Crippen LogP) is 2.92. The van der Waals surface area contributed by atoms with Crippen molar-refractivity contribution in [2.75, 3.05) is 7.05 Å². The van der Waals surface area contributed by atoms with Gasteiger partial charge in [-0.05, 0) is 17.7 Å². The minimum Gasteiger partial charge on any atom is -0.314 e. The number of benzene rings is 1. The van der Waals surface area contributed by atoms with Crippen LogP contribution in [0.4, 0.5) is 0 Å². The minimum atomic E-state index is 0.484. The lowest BCUT2D eigenvalue weighted by molar-refractivity contribution is -0.0733. The highest BCUT2D eigenvalue weighted by Gasteiger charge is 2.01. The molecule has 0 saturated carbocycles. The smallest absolute Gasteiger partial charge is 0.0496 e. The van der Waals surface area contributed by atoms with E-state index in [9.17, 15) is 0 Å². The third kappa shape index (κ3) is 2.75. The molecular formula is C8H9BrClNO. The summed E-state index contributed by atoms with van der Waals surface area (Å²) in [5.41, 5.74) is 1.00. The second-order valence-electron chi connectivity index (χ2n) is 2.55. The average Bonchev–Trinajstić information content (AvgIpc) is 1.94. The molecule has 0 aliphatic heterocycles. The Morgan fingerprint density at radius 2 is 2.25 bits per heavy atom. The summed E-state index contributed by atoms with van der Waals surface area (Å²) in [5, 5.41) is 10.8. The monoisotopic (exact) mass is 249 g/mol. The normalized spacial score (nSPS) is 10.8. The van der Waals surface area contributed by atoms with Gasteiger partial charge >= 0.3 is 0 Å². The molecule has 0 heterocycles. The van der Waals surface area contributed by atoms with Crippen molar-refractivity contribution in [2.24, 2.45) is 0 Å². The van der Waals surface area contributed by atoms with Crippen LogP contribution in [0, 0.1) is 0 Å². The van der Waals surface area contributed by atoms with Crippen LogP contribution in [0.25, 0.3) is 0 Å². The van der Waals surface area contributed by atoms with Crippen molar-refractivity contribution in [2.45, 2.75) is 6.54 Å². The largest absolute Gasteiger partial charge is 0.314 e. The Hall–Kier alpha value is -0.0900. The molecule has 0 aromatic heterocycles. The van der Waals surface area contributed by atoms with Crippen LogP contribution in [0.1, 0.15) is 5.56 Å². The molecule has 1 N–H and O–H groups in total. The molecule has 0 fully saturated rings. The van der Waals surface area contributed by atoms with Gasteiger partial charge < -0.3 is 5.21 Å². The fraction of sp³-hybridized carbons (Fsp3) is 0.250. The molecule has 0 unspecified atom stereocenters. The van der Waals surface area contributed by atoms with Crippen molar-refractivity contribution in [3.05, 3.63) is 33.3 Å². The molecule has 0 atom stereocenters. The van der Waals surface area contributed by atoms with Crippen LogP contribution in [0.3, 0.4) is 0 Å². The highest BCUT2D eigenvalue weighted by atomic mass is 79.9. The van der Waals surface area contributed by atoms with Crippen molar-refractivity contribution in [1.29, 1.82) is 0 Å². The van der Waals surface area contributed by atoms with E-state index in [1.165, 1.54) is 0 Å². The number of halogens is 2. The summed E-state index contributed by atoms with van der Waals surface area (Å²) < 4.78 is 0.913. The second-order valence-corrected chi connectivity index (χ2v) is 3.84. The summed E-state index contributed by atoms with van der Waals surface area (Å²) in [7, 11) is 1.60. The number of hydrogen-bond donors (Lipinski definition) is 1. The summed E-state index contributed by atoms with van der Waals surface area (Å²) in [4.78, 5) is 0. The van der Waals surface area contributed by atoms with E-state index >= 15 is 0 Å². The maximum Gasteiger partial charge on any atom is 0.0496 e. The van der Waals surface area contributed by atoms with Gasteiger partial charge in [-0.1, -0.05) is 33.6 Å². The Morgan fingerprint density at radius 3 is 2.75 bits per heavy atom. The first-order valence-electron chi connectivity index (χ1n) is 3.43. The molecule has 12 heavy (non-hydrogen) atoms. The van der Waals surface area contributed by atoms with Crippen molar-refractivity contribution >= 4 is 27.5 Å². The Balaban J connectivity index is 2.86. The van der Waals surface area contributed by atoms with Gasteiger partial charge in [-0.15, -0.1) is 0 Å². The first-order chi connectivity index (χ1) is 5.59. The zero-order chi connectivity index (χ0) is 9.14. The van der Waals surface area contributed by atoms with E-state index in [0.717, 1.165) is 15.1 Å². The van der Waals surface area contributed by atoms with Gasteiger partial charge in [-0.25, -0.2) is 0 Å². The summed E-state index contributed by atoms with van der Waals surface area (Å²) in [6, 6.07) is 5.48. The molecule has 0 bridgehead atoms. The molecule has 2 nitrogen and oxygen atoms in total. The molecule has 1 aromatic rings. The van der Waals surface area contributed by atoms with Gasteiger partial charge in [-0.3, -0.25) is 0 Å². The Labute approximate surface area is 84.8 Å². The molecule has 0 amide bonds. The lowest BCUT2D eigenvalue weighted by atomic mass is 10.2. The zero-order valence-electron chi connectivity index (χ0n) is 6.59. The van der Waals surface area contributed by atoms with Gasteiger partial charge in [0.1, 0.15) is 0 Å². The van der Waals surface area contributed by atoms with Crippen LogP contribution < -0.4 is 0 Å². The van der Waals surface area contributed by atoms with Crippen LogP contribution >= 0.6 is 27.5 Å². The Morgan fingerprint density at radius 1 is 1.58 bits per heavy atom. The molecule has 1 aromatic carbocycles. The van der Waals surface area contributed by atoms with E-state index in [4.69, 9.17) is 16.8 Å². The third-order valence-corrected chi connectivity index (χ3v) is 2.39. The first kappa shape index (κ1) is 9.99. The fourth-order valence-electron chi connectivity index (χ4n) is 0.896. The SMILES string of the molecule is CN(O)Cc1ccc(Cl)cc1Br. The van der Waals surface area contributed by atoms with E-state index in [-0.39, 0.29) is 0 Å². The standard InChI is InChI=1S/C8H9BrClNO/c1-11(12)5-6-2-3-7(10)4-8(6)9/h2-4,12H,5H2,1H3. The zero-order valence-corrected chi connectivity index (χ0v) is 8.93. The number of hydroxylamine groups is 2. The fourth-order valence-corrected chi connectivity index (χ4v) is 1.70. The quantitative estimate of drug-likeness (QED) is 0.816. The van der Waals surface area contributed by atoms with Crippen molar-refractivity contribution < 1.29 is 5.21 Å². The third-order valence-electron chi connectivity index (χ3n) is 1.41. The number of nitrogens with zero attached hydrogens (tertiary/aromatic N) is 1. The molecule has 0 radical (unpaired) electrons. The summed E-state index contributed by atoms with van der Waals surface area (Å²) >= 11 is 9.10. The molecule has 66 valence electrons. The topological polar surface area (TPSA) is 23.5 Å². The maximum absolute atomic E-state index is 8.98. The summed E-state index contributed by atoms with van der Waals surface area (Å²) in [6.07, 6.45) is 0. The minimum absolute atomic E-state index is 0.484. The molecule has 4 heteroatoms. The van der Waals surface area contributed by atoms with Crippen molar-refractivity contribution in [3.8, 4) is 0 Å². The van der Waals surface area contributed by atoms with E-state index < -0.39 is 0 Å². The van der Waals surface area contributed by atoms with Gasteiger partial charge in [0.15, 0.2) is 0 Å². The van der Waals surface area contributed by atoms with E-state index in [2.05, 4.69) is 15.9 Å². The Kier molecular flexibility index (Phi) is 3.53. The van der Waals surface area contributed by atoms with Crippen LogP contribution in [0.5, 0.6) is 0 Å².